The van der Waals surface area contributed by atoms with Crippen molar-refractivity contribution >= 4 is 60.2 Å². The summed E-state index contributed by atoms with van der Waals surface area (Å²) < 4.78 is 7.30. The molecule has 11 aromatic rings. The zero-order valence-electron chi connectivity index (χ0n) is 34.0. The molecule has 62 heavy (non-hydrogen) atoms. The zero-order valence-corrected chi connectivity index (χ0v) is 34.0. The van der Waals surface area contributed by atoms with Gasteiger partial charge in [0.15, 0.2) is 0 Å². The van der Waals surface area contributed by atoms with Crippen molar-refractivity contribution in [1.29, 1.82) is 0 Å². The molecular formula is C60H41NO. The van der Waals surface area contributed by atoms with Gasteiger partial charge in [-0.05, 0) is 120 Å². The number of rotatable bonds is 7. The van der Waals surface area contributed by atoms with Crippen molar-refractivity contribution in [2.75, 3.05) is 4.90 Å². The topological polar surface area (TPSA) is 12.5 Å². The second-order valence-electron chi connectivity index (χ2n) is 16.4. The van der Waals surface area contributed by atoms with Gasteiger partial charge in [-0.2, -0.15) is 0 Å². The van der Waals surface area contributed by atoms with Crippen LogP contribution in [0.4, 0.5) is 17.1 Å². The summed E-state index contributed by atoms with van der Waals surface area (Å²) in [6, 6.07) is 85.9. The second-order valence-corrected chi connectivity index (χ2v) is 16.4. The molecule has 0 spiro atoms. The van der Waals surface area contributed by atoms with Crippen LogP contribution in [0.15, 0.2) is 237 Å². The summed E-state index contributed by atoms with van der Waals surface area (Å²) in [6.45, 7) is 0. The molecule has 2 atom stereocenters. The maximum Gasteiger partial charge on any atom is 0.135 e. The first-order chi connectivity index (χ1) is 30.7. The summed E-state index contributed by atoms with van der Waals surface area (Å²) in [4.78, 5) is 2.38. The van der Waals surface area contributed by atoms with E-state index in [0.717, 1.165) is 28.2 Å². The van der Waals surface area contributed by atoms with Crippen LogP contribution in [-0.4, -0.2) is 0 Å². The van der Waals surface area contributed by atoms with Gasteiger partial charge in [-0.25, -0.2) is 0 Å². The summed E-state index contributed by atoms with van der Waals surface area (Å²) in [5.41, 5.74) is 11.7. The molecule has 1 aliphatic rings. The molecule has 0 N–H and O–H groups in total. The third-order valence-electron chi connectivity index (χ3n) is 12.8. The second kappa shape index (κ2) is 15.0. The van der Waals surface area contributed by atoms with E-state index in [1.165, 1.54) is 76.6 Å². The van der Waals surface area contributed by atoms with Crippen molar-refractivity contribution in [3.63, 3.8) is 0 Å². The quantitative estimate of drug-likeness (QED) is 0.149. The Morgan fingerprint density at radius 2 is 0.758 bits per heavy atom. The van der Waals surface area contributed by atoms with Crippen LogP contribution in [0.2, 0.25) is 0 Å². The third-order valence-corrected chi connectivity index (χ3v) is 12.8. The largest absolute Gasteiger partial charge is 0.484 e. The maximum absolute atomic E-state index is 7.30. The molecule has 0 radical (unpaired) electrons. The van der Waals surface area contributed by atoms with Crippen molar-refractivity contribution < 1.29 is 4.74 Å². The molecule has 0 fully saturated rings. The number of ether oxygens (including phenoxy) is 1. The molecule has 292 valence electrons. The first kappa shape index (κ1) is 36.0. The molecule has 2 unspecified atom stereocenters. The Labute approximate surface area is 361 Å². The van der Waals surface area contributed by atoms with Gasteiger partial charge in [-0.15, -0.1) is 0 Å². The minimum atomic E-state index is -0.173. The number of fused-ring (bicyclic) bond motifs is 8. The lowest BCUT2D eigenvalue weighted by Gasteiger charge is -2.27. The van der Waals surface area contributed by atoms with Gasteiger partial charge in [0.05, 0.1) is 5.92 Å². The number of anilines is 3. The van der Waals surface area contributed by atoms with Crippen LogP contribution in [0.5, 0.6) is 5.75 Å². The van der Waals surface area contributed by atoms with Crippen LogP contribution in [0.25, 0.3) is 65.3 Å². The summed E-state index contributed by atoms with van der Waals surface area (Å²) >= 11 is 0. The summed E-state index contributed by atoms with van der Waals surface area (Å²) in [6.07, 6.45) is -0.173. The zero-order chi connectivity index (χ0) is 41.0. The summed E-state index contributed by atoms with van der Waals surface area (Å²) in [5.74, 6) is 0.981. The smallest absolute Gasteiger partial charge is 0.135 e. The van der Waals surface area contributed by atoms with Crippen LogP contribution in [0, 0.1) is 0 Å². The third kappa shape index (κ3) is 6.19. The van der Waals surface area contributed by atoms with Crippen LogP contribution < -0.4 is 9.64 Å². The van der Waals surface area contributed by atoms with E-state index in [1.54, 1.807) is 0 Å². The monoisotopic (exact) mass is 791 g/mol. The van der Waals surface area contributed by atoms with Gasteiger partial charge >= 0.3 is 0 Å². The van der Waals surface area contributed by atoms with Gasteiger partial charge in [-0.1, -0.05) is 188 Å². The first-order valence-corrected chi connectivity index (χ1v) is 21.5. The highest BCUT2D eigenvalue weighted by molar-refractivity contribution is 6.14. The highest BCUT2D eigenvalue weighted by Gasteiger charge is 2.39. The first-order valence-electron chi connectivity index (χ1n) is 21.5. The number of hydrogen-bond donors (Lipinski definition) is 0. The van der Waals surface area contributed by atoms with E-state index in [0.29, 0.717) is 0 Å². The van der Waals surface area contributed by atoms with Gasteiger partial charge in [0.25, 0.3) is 0 Å². The minimum absolute atomic E-state index is 0.0213. The van der Waals surface area contributed by atoms with Crippen LogP contribution in [0.3, 0.4) is 0 Å². The molecule has 1 aliphatic heterocycles. The predicted molar refractivity (Wildman–Crippen MR) is 260 cm³/mol. The molecule has 11 aromatic carbocycles. The van der Waals surface area contributed by atoms with Gasteiger partial charge in [0.2, 0.25) is 0 Å². The van der Waals surface area contributed by atoms with Crippen LogP contribution in [0.1, 0.15) is 28.7 Å². The van der Waals surface area contributed by atoms with Gasteiger partial charge in [-0.3, -0.25) is 0 Å². The fraction of sp³-hybridized carbons (Fsp3) is 0.0333. The van der Waals surface area contributed by atoms with Gasteiger partial charge in [0, 0.05) is 28.0 Å². The molecule has 0 amide bonds. The Kier molecular flexibility index (Phi) is 8.67. The Bertz CT molecular complexity index is 3310. The van der Waals surface area contributed by atoms with Crippen molar-refractivity contribution in [3.05, 3.63) is 253 Å². The molecule has 0 aliphatic carbocycles. The van der Waals surface area contributed by atoms with Gasteiger partial charge in [0.1, 0.15) is 11.9 Å². The average molecular weight is 792 g/mol. The molecule has 0 aromatic heterocycles. The SMILES string of the molecule is c1ccc(C2Oc3c(c4ccccc4c4ccc(N(c5ccc(-c6ccc7ccccc7c6)cc5)c5ccc(-c6ccc7ccccc7c6)cc5)cc34)C2c2ccccc2)cc1. The van der Waals surface area contributed by atoms with E-state index in [2.05, 4.69) is 241 Å². The lowest BCUT2D eigenvalue weighted by molar-refractivity contribution is 0.224. The van der Waals surface area contributed by atoms with Gasteiger partial charge < -0.3 is 9.64 Å². The molecule has 0 bridgehead atoms. The standard InChI is InChI=1S/C60H41NO/c1-3-15-44(16-4-1)57-58-55-22-12-11-21-53(55)54-36-35-52(39-56(54)60(58)62-59(57)45-17-5-2-6-18-45)61(50-31-27-42(28-32-50)48-25-23-40-13-7-9-19-46(40)37-48)51-33-29-43(30-34-51)49-26-24-41-14-8-10-20-47(41)38-49/h1-39,57,59H. The molecular weight excluding hydrogens is 751 g/mol. The number of hydrogen-bond acceptors (Lipinski definition) is 2. The van der Waals surface area contributed by atoms with Crippen LogP contribution in [-0.2, 0) is 0 Å². The Balaban J connectivity index is 1.03. The van der Waals surface area contributed by atoms with E-state index in [4.69, 9.17) is 4.74 Å². The molecule has 0 saturated carbocycles. The van der Waals surface area contributed by atoms with E-state index >= 15 is 0 Å². The maximum atomic E-state index is 7.30. The molecule has 0 saturated heterocycles. The Morgan fingerprint density at radius 1 is 0.306 bits per heavy atom. The Hall–Kier alpha value is -7.94. The lowest BCUT2D eigenvalue weighted by atomic mass is 9.82. The normalized spacial score (nSPS) is 14.6. The lowest BCUT2D eigenvalue weighted by Crippen LogP contribution is -2.11. The highest BCUT2D eigenvalue weighted by Crippen LogP contribution is 2.56. The number of nitrogens with zero attached hydrogens (tertiary/aromatic N) is 1. The van der Waals surface area contributed by atoms with E-state index < -0.39 is 0 Å². The van der Waals surface area contributed by atoms with Crippen molar-refractivity contribution in [3.8, 4) is 28.0 Å². The molecule has 12 rings (SSSR count). The Morgan fingerprint density at radius 3 is 1.34 bits per heavy atom. The van der Waals surface area contributed by atoms with E-state index in [9.17, 15) is 0 Å². The highest BCUT2D eigenvalue weighted by atomic mass is 16.5. The van der Waals surface area contributed by atoms with Crippen LogP contribution >= 0.6 is 0 Å². The minimum Gasteiger partial charge on any atom is -0.484 e. The molecule has 2 heteroatoms. The van der Waals surface area contributed by atoms with Crippen molar-refractivity contribution in [1.82, 2.24) is 0 Å². The van der Waals surface area contributed by atoms with E-state index in [1.807, 2.05) is 0 Å². The van der Waals surface area contributed by atoms with Crippen molar-refractivity contribution in [2.24, 2.45) is 0 Å². The average Bonchev–Trinajstić information content (AvgIpc) is 3.76. The van der Waals surface area contributed by atoms with Crippen molar-refractivity contribution in [2.45, 2.75) is 12.0 Å². The predicted octanol–water partition coefficient (Wildman–Crippen LogP) is 16.4. The molecule has 2 nitrogen and oxygen atoms in total. The van der Waals surface area contributed by atoms with E-state index in [-0.39, 0.29) is 12.0 Å². The fourth-order valence-electron chi connectivity index (χ4n) is 9.79. The molecule has 1 heterocycles. The number of benzene rings is 11. The summed E-state index contributed by atoms with van der Waals surface area (Å²) in [5, 5.41) is 9.74. The fourth-order valence-corrected chi connectivity index (χ4v) is 9.79. The summed E-state index contributed by atoms with van der Waals surface area (Å²) in [7, 11) is 0.